The van der Waals surface area contributed by atoms with Crippen molar-refractivity contribution in [1.82, 2.24) is 0 Å². The fourth-order valence-electron chi connectivity index (χ4n) is 2.67. The predicted octanol–water partition coefficient (Wildman–Crippen LogP) is 4.28. The van der Waals surface area contributed by atoms with Crippen LogP contribution in [0.3, 0.4) is 0 Å². The first kappa shape index (κ1) is 14.4. The number of nitrogens with two attached hydrogens (primary N) is 1. The van der Waals surface area contributed by atoms with Crippen molar-refractivity contribution in [2.24, 2.45) is 0 Å². The third kappa shape index (κ3) is 2.96. The topological polar surface area (TPSA) is 38.0 Å². The van der Waals surface area contributed by atoms with E-state index in [4.69, 9.17) is 5.73 Å². The Labute approximate surface area is 122 Å². The lowest BCUT2D eigenvalue weighted by molar-refractivity contribution is 0.553. The maximum atomic E-state index is 6.06. The number of benzene rings is 2. The highest BCUT2D eigenvalue weighted by molar-refractivity contribution is 5.70. The molecule has 0 atom stereocenters. The van der Waals surface area contributed by atoms with Crippen LogP contribution in [0.2, 0.25) is 0 Å². The summed E-state index contributed by atoms with van der Waals surface area (Å²) in [4.78, 5) is 0. The van der Waals surface area contributed by atoms with Gasteiger partial charge in [0.15, 0.2) is 0 Å². The molecule has 2 heteroatoms. The van der Waals surface area contributed by atoms with Crippen LogP contribution in [0.15, 0.2) is 42.5 Å². The van der Waals surface area contributed by atoms with Gasteiger partial charge in [0.25, 0.3) is 0 Å². The number of anilines is 2. The van der Waals surface area contributed by atoms with Crippen LogP contribution in [0.1, 0.15) is 30.5 Å². The molecular formula is C18H24N2. The molecule has 0 amide bonds. The SMILES string of the molecule is Cc1ccccc1C(C)(C)CNc1c(C)cccc1N. The van der Waals surface area contributed by atoms with E-state index in [0.29, 0.717) is 0 Å². The molecule has 106 valence electrons. The Hall–Kier alpha value is -1.96. The van der Waals surface area contributed by atoms with Crippen molar-refractivity contribution in [2.75, 3.05) is 17.6 Å². The summed E-state index contributed by atoms with van der Waals surface area (Å²) in [6.45, 7) is 9.62. The fourth-order valence-corrected chi connectivity index (χ4v) is 2.67. The molecule has 2 aromatic carbocycles. The van der Waals surface area contributed by atoms with Crippen molar-refractivity contribution in [1.29, 1.82) is 0 Å². The van der Waals surface area contributed by atoms with Gasteiger partial charge in [-0.25, -0.2) is 0 Å². The van der Waals surface area contributed by atoms with E-state index in [1.165, 1.54) is 16.7 Å². The van der Waals surface area contributed by atoms with Gasteiger partial charge in [0.2, 0.25) is 0 Å². The van der Waals surface area contributed by atoms with Gasteiger partial charge in [0.05, 0.1) is 11.4 Å². The smallest absolute Gasteiger partial charge is 0.0603 e. The Morgan fingerprint density at radius 2 is 1.60 bits per heavy atom. The van der Waals surface area contributed by atoms with E-state index in [-0.39, 0.29) is 5.41 Å². The van der Waals surface area contributed by atoms with Crippen LogP contribution in [0.4, 0.5) is 11.4 Å². The van der Waals surface area contributed by atoms with Crippen molar-refractivity contribution in [3.8, 4) is 0 Å². The minimum Gasteiger partial charge on any atom is -0.397 e. The Kier molecular flexibility index (Phi) is 4.03. The van der Waals surface area contributed by atoms with Gasteiger partial charge in [0.1, 0.15) is 0 Å². The summed E-state index contributed by atoms with van der Waals surface area (Å²) < 4.78 is 0. The van der Waals surface area contributed by atoms with E-state index in [1.54, 1.807) is 0 Å². The number of aryl methyl sites for hydroxylation is 2. The average Bonchev–Trinajstić information content (AvgIpc) is 2.38. The second kappa shape index (κ2) is 5.58. The minimum absolute atomic E-state index is 0.0556. The number of nitrogen functional groups attached to an aromatic ring is 1. The quantitative estimate of drug-likeness (QED) is 0.812. The van der Waals surface area contributed by atoms with E-state index in [2.05, 4.69) is 63.3 Å². The number of nitrogens with one attached hydrogen (secondary N) is 1. The van der Waals surface area contributed by atoms with E-state index in [9.17, 15) is 0 Å². The summed E-state index contributed by atoms with van der Waals surface area (Å²) in [6, 6.07) is 14.6. The lowest BCUT2D eigenvalue weighted by Gasteiger charge is -2.28. The average molecular weight is 268 g/mol. The molecule has 0 aliphatic rings. The fraction of sp³-hybridized carbons (Fsp3) is 0.333. The van der Waals surface area contributed by atoms with Crippen LogP contribution in [-0.4, -0.2) is 6.54 Å². The van der Waals surface area contributed by atoms with E-state index < -0.39 is 0 Å². The molecule has 0 radical (unpaired) electrons. The molecule has 0 bridgehead atoms. The largest absolute Gasteiger partial charge is 0.397 e. The molecule has 3 N–H and O–H groups in total. The Bertz CT molecular complexity index is 580. The number of hydrogen-bond acceptors (Lipinski definition) is 2. The van der Waals surface area contributed by atoms with Crippen molar-refractivity contribution in [3.05, 3.63) is 59.2 Å². The molecule has 0 saturated heterocycles. The summed E-state index contributed by atoms with van der Waals surface area (Å²) in [6.07, 6.45) is 0. The standard InChI is InChI=1S/C18H24N2/c1-13-8-5-6-10-15(13)18(3,4)12-20-17-14(2)9-7-11-16(17)19/h5-11,20H,12,19H2,1-4H3. The second-order valence-electron chi connectivity index (χ2n) is 6.09. The normalized spacial score (nSPS) is 11.4. The Balaban J connectivity index is 2.20. The molecule has 0 aliphatic heterocycles. The molecular weight excluding hydrogens is 244 g/mol. The summed E-state index contributed by atoms with van der Waals surface area (Å²) in [5, 5.41) is 3.52. The van der Waals surface area contributed by atoms with E-state index >= 15 is 0 Å². The lowest BCUT2D eigenvalue weighted by atomic mass is 9.82. The van der Waals surface area contributed by atoms with Gasteiger partial charge >= 0.3 is 0 Å². The maximum absolute atomic E-state index is 6.06. The van der Waals surface area contributed by atoms with Gasteiger partial charge in [-0.2, -0.15) is 0 Å². The summed E-state index contributed by atoms with van der Waals surface area (Å²) in [5.41, 5.74) is 11.9. The van der Waals surface area contributed by atoms with Gasteiger partial charge in [-0.15, -0.1) is 0 Å². The second-order valence-corrected chi connectivity index (χ2v) is 6.09. The van der Waals surface area contributed by atoms with E-state index in [1.807, 2.05) is 12.1 Å². The molecule has 0 aliphatic carbocycles. The summed E-state index contributed by atoms with van der Waals surface area (Å²) in [7, 11) is 0. The maximum Gasteiger partial charge on any atom is 0.0603 e. The zero-order chi connectivity index (χ0) is 14.8. The van der Waals surface area contributed by atoms with Crippen LogP contribution in [0.5, 0.6) is 0 Å². The number of para-hydroxylation sites is 1. The Morgan fingerprint density at radius 1 is 0.950 bits per heavy atom. The minimum atomic E-state index is 0.0556. The Morgan fingerprint density at radius 3 is 2.25 bits per heavy atom. The number of rotatable bonds is 4. The van der Waals surface area contributed by atoms with Gasteiger partial charge in [-0.1, -0.05) is 50.2 Å². The zero-order valence-electron chi connectivity index (χ0n) is 12.8. The first-order valence-corrected chi connectivity index (χ1v) is 7.07. The summed E-state index contributed by atoms with van der Waals surface area (Å²) in [5.74, 6) is 0. The third-order valence-corrected chi connectivity index (χ3v) is 3.89. The van der Waals surface area contributed by atoms with Crippen LogP contribution in [0.25, 0.3) is 0 Å². The predicted molar refractivity (Wildman–Crippen MR) is 88.3 cm³/mol. The molecule has 0 saturated carbocycles. The van der Waals surface area contributed by atoms with Crippen molar-refractivity contribution < 1.29 is 0 Å². The zero-order valence-corrected chi connectivity index (χ0v) is 12.8. The van der Waals surface area contributed by atoms with Crippen molar-refractivity contribution in [3.63, 3.8) is 0 Å². The van der Waals surface area contributed by atoms with Crippen LogP contribution < -0.4 is 11.1 Å². The summed E-state index contributed by atoms with van der Waals surface area (Å²) >= 11 is 0. The third-order valence-electron chi connectivity index (χ3n) is 3.89. The van der Waals surface area contributed by atoms with E-state index in [0.717, 1.165) is 17.9 Å². The van der Waals surface area contributed by atoms with Crippen LogP contribution in [-0.2, 0) is 5.41 Å². The monoisotopic (exact) mass is 268 g/mol. The van der Waals surface area contributed by atoms with Crippen LogP contribution >= 0.6 is 0 Å². The molecule has 0 unspecified atom stereocenters. The van der Waals surface area contributed by atoms with Crippen LogP contribution in [0, 0.1) is 13.8 Å². The molecule has 2 nitrogen and oxygen atoms in total. The number of hydrogen-bond donors (Lipinski definition) is 2. The first-order valence-electron chi connectivity index (χ1n) is 7.07. The molecule has 0 fully saturated rings. The lowest BCUT2D eigenvalue weighted by Crippen LogP contribution is -2.29. The van der Waals surface area contributed by atoms with Gasteiger partial charge < -0.3 is 11.1 Å². The molecule has 0 spiro atoms. The molecule has 0 aromatic heterocycles. The van der Waals surface area contributed by atoms with Gasteiger partial charge in [-0.05, 0) is 36.6 Å². The highest BCUT2D eigenvalue weighted by Crippen LogP contribution is 2.29. The molecule has 2 aromatic rings. The molecule has 0 heterocycles. The van der Waals surface area contributed by atoms with Gasteiger partial charge in [-0.3, -0.25) is 0 Å². The molecule has 20 heavy (non-hydrogen) atoms. The van der Waals surface area contributed by atoms with Crippen molar-refractivity contribution in [2.45, 2.75) is 33.1 Å². The highest BCUT2D eigenvalue weighted by Gasteiger charge is 2.22. The molecule has 2 rings (SSSR count). The van der Waals surface area contributed by atoms with Gasteiger partial charge in [0, 0.05) is 12.0 Å². The highest BCUT2D eigenvalue weighted by atomic mass is 14.9. The van der Waals surface area contributed by atoms with Crippen molar-refractivity contribution >= 4 is 11.4 Å². The first-order chi connectivity index (χ1) is 9.42.